The molecule has 1 saturated heterocycles. The molecule has 0 spiro atoms. The average Bonchev–Trinajstić information content (AvgIpc) is 2.98. The normalized spacial score (nSPS) is 17.2. The third-order valence-corrected chi connectivity index (χ3v) is 4.66. The molecule has 0 aliphatic carbocycles. The van der Waals surface area contributed by atoms with Crippen LogP contribution in [0, 0.1) is 12.8 Å². The summed E-state index contributed by atoms with van der Waals surface area (Å²) in [4.78, 5) is 26.8. The summed E-state index contributed by atoms with van der Waals surface area (Å²) in [5.41, 5.74) is 3.97. The number of hydrogen-bond acceptors (Lipinski definition) is 2. The lowest BCUT2D eigenvalue weighted by Gasteiger charge is -2.22. The SMILES string of the molecule is Cc1ccc(NC(=O)C2CC(=O)N(c3ccccc3C(C)C)C2)cc1. The lowest BCUT2D eigenvalue weighted by Crippen LogP contribution is -2.28. The minimum atomic E-state index is -0.325. The monoisotopic (exact) mass is 336 g/mol. The Morgan fingerprint density at radius 1 is 1.12 bits per heavy atom. The molecule has 1 atom stereocenters. The number of hydrogen-bond donors (Lipinski definition) is 1. The van der Waals surface area contributed by atoms with Crippen molar-refractivity contribution >= 4 is 23.2 Å². The number of carbonyl (C=O) groups is 2. The second-order valence-corrected chi connectivity index (χ2v) is 6.97. The molecule has 1 aliphatic rings. The molecule has 4 heteroatoms. The van der Waals surface area contributed by atoms with Gasteiger partial charge in [-0.15, -0.1) is 0 Å². The van der Waals surface area contributed by atoms with Crippen molar-refractivity contribution < 1.29 is 9.59 Å². The van der Waals surface area contributed by atoms with E-state index in [0.29, 0.717) is 12.5 Å². The summed E-state index contributed by atoms with van der Waals surface area (Å²) in [6.07, 6.45) is 0.254. The van der Waals surface area contributed by atoms with Gasteiger partial charge in [0.05, 0.1) is 5.92 Å². The van der Waals surface area contributed by atoms with Crippen LogP contribution in [-0.4, -0.2) is 18.4 Å². The Kier molecular flexibility index (Phi) is 4.88. The van der Waals surface area contributed by atoms with Crippen molar-refractivity contribution in [1.82, 2.24) is 0 Å². The number of carbonyl (C=O) groups excluding carboxylic acids is 2. The molecule has 1 fully saturated rings. The summed E-state index contributed by atoms with van der Waals surface area (Å²) in [7, 11) is 0. The number of aryl methyl sites for hydroxylation is 1. The van der Waals surface area contributed by atoms with Crippen LogP contribution in [0.4, 0.5) is 11.4 Å². The van der Waals surface area contributed by atoms with E-state index in [4.69, 9.17) is 0 Å². The zero-order valence-corrected chi connectivity index (χ0v) is 15.0. The second-order valence-electron chi connectivity index (χ2n) is 6.97. The zero-order valence-electron chi connectivity index (χ0n) is 15.0. The predicted molar refractivity (Wildman–Crippen MR) is 101 cm³/mol. The van der Waals surface area contributed by atoms with Gasteiger partial charge < -0.3 is 10.2 Å². The summed E-state index contributed by atoms with van der Waals surface area (Å²) in [6, 6.07) is 15.6. The fraction of sp³-hybridized carbons (Fsp3) is 0.333. The van der Waals surface area contributed by atoms with E-state index in [2.05, 4.69) is 19.2 Å². The predicted octanol–water partition coefficient (Wildman–Crippen LogP) is 4.11. The molecule has 0 radical (unpaired) electrons. The Morgan fingerprint density at radius 2 is 1.80 bits per heavy atom. The fourth-order valence-electron chi connectivity index (χ4n) is 3.22. The first-order valence-electron chi connectivity index (χ1n) is 8.72. The van der Waals surface area contributed by atoms with Gasteiger partial charge in [-0.1, -0.05) is 49.7 Å². The summed E-state index contributed by atoms with van der Waals surface area (Å²) >= 11 is 0. The van der Waals surface area contributed by atoms with E-state index in [0.717, 1.165) is 22.5 Å². The average molecular weight is 336 g/mol. The van der Waals surface area contributed by atoms with Crippen molar-refractivity contribution in [2.45, 2.75) is 33.1 Å². The van der Waals surface area contributed by atoms with Gasteiger partial charge in [-0.25, -0.2) is 0 Å². The highest BCUT2D eigenvalue weighted by Gasteiger charge is 2.36. The first kappa shape index (κ1) is 17.2. The molecule has 2 aromatic rings. The maximum atomic E-state index is 12.6. The van der Waals surface area contributed by atoms with Crippen LogP contribution in [-0.2, 0) is 9.59 Å². The topological polar surface area (TPSA) is 49.4 Å². The van der Waals surface area contributed by atoms with Gasteiger partial charge in [-0.3, -0.25) is 9.59 Å². The Hall–Kier alpha value is -2.62. The van der Waals surface area contributed by atoms with Gasteiger partial charge in [0.15, 0.2) is 0 Å². The van der Waals surface area contributed by atoms with E-state index in [9.17, 15) is 9.59 Å². The van der Waals surface area contributed by atoms with Crippen molar-refractivity contribution in [1.29, 1.82) is 0 Å². The Balaban J connectivity index is 1.74. The third kappa shape index (κ3) is 3.73. The Labute approximate surface area is 148 Å². The first-order valence-corrected chi connectivity index (χ1v) is 8.72. The number of amides is 2. The van der Waals surface area contributed by atoms with Crippen LogP contribution in [0.1, 0.15) is 37.3 Å². The molecule has 130 valence electrons. The number of nitrogens with one attached hydrogen (secondary N) is 1. The second kappa shape index (κ2) is 7.09. The quantitative estimate of drug-likeness (QED) is 0.913. The van der Waals surface area contributed by atoms with Crippen LogP contribution in [0.3, 0.4) is 0 Å². The highest BCUT2D eigenvalue weighted by molar-refractivity contribution is 6.03. The van der Waals surface area contributed by atoms with Gasteiger partial charge in [0, 0.05) is 24.3 Å². The van der Waals surface area contributed by atoms with Crippen LogP contribution in [0.25, 0.3) is 0 Å². The van der Waals surface area contributed by atoms with Gasteiger partial charge in [0.25, 0.3) is 0 Å². The lowest BCUT2D eigenvalue weighted by molar-refractivity contribution is -0.122. The Bertz CT molecular complexity index is 781. The van der Waals surface area contributed by atoms with E-state index in [1.54, 1.807) is 4.90 Å². The maximum absolute atomic E-state index is 12.6. The number of rotatable bonds is 4. The molecular formula is C21H24N2O2. The summed E-state index contributed by atoms with van der Waals surface area (Å²) in [5, 5.41) is 2.92. The minimum absolute atomic E-state index is 0.0113. The Morgan fingerprint density at radius 3 is 2.48 bits per heavy atom. The number of benzene rings is 2. The van der Waals surface area contributed by atoms with Crippen molar-refractivity contribution in [2.75, 3.05) is 16.8 Å². The fourth-order valence-corrected chi connectivity index (χ4v) is 3.22. The van der Waals surface area contributed by atoms with Crippen molar-refractivity contribution in [2.24, 2.45) is 5.92 Å². The molecule has 1 heterocycles. The third-order valence-electron chi connectivity index (χ3n) is 4.66. The molecule has 0 bridgehead atoms. The molecule has 4 nitrogen and oxygen atoms in total. The largest absolute Gasteiger partial charge is 0.326 e. The van der Waals surface area contributed by atoms with E-state index in [1.807, 2.05) is 55.5 Å². The highest BCUT2D eigenvalue weighted by Crippen LogP contribution is 2.32. The molecule has 2 amide bonds. The molecule has 3 rings (SSSR count). The molecule has 25 heavy (non-hydrogen) atoms. The van der Waals surface area contributed by atoms with Gasteiger partial charge >= 0.3 is 0 Å². The van der Waals surface area contributed by atoms with E-state index in [-0.39, 0.29) is 24.2 Å². The van der Waals surface area contributed by atoms with E-state index >= 15 is 0 Å². The van der Waals surface area contributed by atoms with Crippen molar-refractivity contribution in [3.8, 4) is 0 Å². The molecule has 1 N–H and O–H groups in total. The zero-order chi connectivity index (χ0) is 18.0. The van der Waals surface area contributed by atoms with Gasteiger partial charge in [-0.05, 0) is 36.6 Å². The van der Waals surface area contributed by atoms with Crippen LogP contribution >= 0.6 is 0 Å². The van der Waals surface area contributed by atoms with Crippen LogP contribution in [0.5, 0.6) is 0 Å². The summed E-state index contributed by atoms with van der Waals surface area (Å²) in [5.74, 6) is -0.0858. The molecule has 1 unspecified atom stereocenters. The minimum Gasteiger partial charge on any atom is -0.326 e. The van der Waals surface area contributed by atoms with Crippen molar-refractivity contribution in [3.63, 3.8) is 0 Å². The summed E-state index contributed by atoms with van der Waals surface area (Å²) < 4.78 is 0. The van der Waals surface area contributed by atoms with E-state index < -0.39 is 0 Å². The lowest BCUT2D eigenvalue weighted by atomic mass is 10.0. The van der Waals surface area contributed by atoms with Gasteiger partial charge in [0.1, 0.15) is 0 Å². The highest BCUT2D eigenvalue weighted by atomic mass is 16.2. The van der Waals surface area contributed by atoms with Crippen LogP contribution in [0.2, 0.25) is 0 Å². The molecule has 2 aromatic carbocycles. The van der Waals surface area contributed by atoms with Crippen LogP contribution < -0.4 is 10.2 Å². The standard InChI is InChI=1S/C21H24N2O2/c1-14(2)18-6-4-5-7-19(18)23-13-16(12-20(23)24)21(25)22-17-10-8-15(3)9-11-17/h4-11,14,16H,12-13H2,1-3H3,(H,22,25). The molecule has 1 aliphatic heterocycles. The van der Waals surface area contributed by atoms with Crippen LogP contribution in [0.15, 0.2) is 48.5 Å². The molecule has 0 aromatic heterocycles. The first-order chi connectivity index (χ1) is 12.0. The van der Waals surface area contributed by atoms with E-state index in [1.165, 1.54) is 0 Å². The van der Waals surface area contributed by atoms with Crippen molar-refractivity contribution in [3.05, 3.63) is 59.7 Å². The molecule has 0 saturated carbocycles. The number of para-hydroxylation sites is 1. The molecular weight excluding hydrogens is 312 g/mol. The maximum Gasteiger partial charge on any atom is 0.229 e. The van der Waals surface area contributed by atoms with Gasteiger partial charge in [-0.2, -0.15) is 0 Å². The summed E-state index contributed by atoms with van der Waals surface area (Å²) in [6.45, 7) is 6.66. The number of anilines is 2. The van der Waals surface area contributed by atoms with Gasteiger partial charge in [0.2, 0.25) is 11.8 Å². The number of nitrogens with zero attached hydrogens (tertiary/aromatic N) is 1. The smallest absolute Gasteiger partial charge is 0.229 e.